The SMILES string of the molecule is CCO/C(O)=c1\cc2c(s1)=C[N+](Cc1ccccc1)(c1ccccc1)C2. The highest BCUT2D eigenvalue weighted by Crippen LogP contribution is 2.32. The number of fused-ring (bicyclic) bond motifs is 1. The van der Waals surface area contributed by atoms with Crippen LogP contribution in [0.4, 0.5) is 5.69 Å². The molecule has 1 N–H and O–H groups in total. The van der Waals surface area contributed by atoms with Gasteiger partial charge in [0.05, 0.1) is 11.1 Å². The molecule has 0 radical (unpaired) electrons. The fourth-order valence-corrected chi connectivity index (χ4v) is 4.65. The summed E-state index contributed by atoms with van der Waals surface area (Å²) in [7, 11) is 0. The maximum Gasteiger partial charge on any atom is 0.294 e. The lowest BCUT2D eigenvalue weighted by Gasteiger charge is -2.31. The fraction of sp³-hybridized carbons (Fsp3) is 0.182. The Balaban J connectivity index is 1.80. The molecule has 1 unspecified atom stereocenters. The van der Waals surface area contributed by atoms with Gasteiger partial charge in [-0.05, 0) is 25.1 Å². The zero-order valence-corrected chi connectivity index (χ0v) is 15.6. The lowest BCUT2D eigenvalue weighted by atomic mass is 10.1. The second kappa shape index (κ2) is 6.98. The molecule has 1 aliphatic heterocycles. The predicted octanol–water partition coefficient (Wildman–Crippen LogP) is 3.87. The van der Waals surface area contributed by atoms with Crippen molar-refractivity contribution in [3.63, 3.8) is 0 Å². The smallest absolute Gasteiger partial charge is 0.294 e. The molecule has 3 aromatic rings. The number of thiophene rings is 1. The minimum Gasteiger partial charge on any atom is -0.480 e. The van der Waals surface area contributed by atoms with Crippen molar-refractivity contribution >= 4 is 29.2 Å². The summed E-state index contributed by atoms with van der Waals surface area (Å²) in [4.78, 5) is 0. The van der Waals surface area contributed by atoms with Crippen molar-refractivity contribution in [3.05, 3.63) is 86.9 Å². The Bertz CT molecular complexity index is 1010. The number of ether oxygens (including phenoxy) is 1. The largest absolute Gasteiger partial charge is 0.480 e. The molecule has 4 rings (SSSR count). The van der Waals surface area contributed by atoms with Crippen LogP contribution in [-0.2, 0) is 17.8 Å². The van der Waals surface area contributed by atoms with Gasteiger partial charge in [-0.2, -0.15) is 0 Å². The van der Waals surface area contributed by atoms with Crippen molar-refractivity contribution < 1.29 is 9.84 Å². The van der Waals surface area contributed by atoms with Gasteiger partial charge < -0.3 is 9.84 Å². The van der Waals surface area contributed by atoms with Gasteiger partial charge in [0.2, 0.25) is 0 Å². The predicted molar refractivity (Wildman–Crippen MR) is 108 cm³/mol. The molecule has 0 fully saturated rings. The van der Waals surface area contributed by atoms with E-state index in [0.717, 1.165) is 22.1 Å². The highest BCUT2D eigenvalue weighted by molar-refractivity contribution is 7.07. The molecule has 1 aromatic heterocycles. The van der Waals surface area contributed by atoms with Crippen molar-refractivity contribution in [2.24, 2.45) is 0 Å². The van der Waals surface area contributed by atoms with Crippen LogP contribution < -0.4 is 13.5 Å². The lowest BCUT2D eigenvalue weighted by molar-refractivity contribution is 0.191. The van der Waals surface area contributed by atoms with Gasteiger partial charge in [-0.3, -0.25) is 4.48 Å². The van der Waals surface area contributed by atoms with Gasteiger partial charge in [0, 0.05) is 11.1 Å². The first-order chi connectivity index (χ1) is 12.7. The quantitative estimate of drug-likeness (QED) is 0.697. The molecule has 26 heavy (non-hydrogen) atoms. The summed E-state index contributed by atoms with van der Waals surface area (Å²) in [5, 5.41) is 10.0. The number of aliphatic hydroxyl groups is 1. The van der Waals surface area contributed by atoms with Gasteiger partial charge in [0.25, 0.3) is 5.95 Å². The van der Waals surface area contributed by atoms with E-state index in [1.54, 1.807) is 11.3 Å². The van der Waals surface area contributed by atoms with Gasteiger partial charge >= 0.3 is 0 Å². The molecular weight excluding hydrogens is 342 g/mol. The fourth-order valence-electron chi connectivity index (χ4n) is 3.56. The van der Waals surface area contributed by atoms with Crippen LogP contribution in [0.1, 0.15) is 18.1 Å². The van der Waals surface area contributed by atoms with Crippen LogP contribution in [0.5, 0.6) is 0 Å². The second-order valence-corrected chi connectivity index (χ2v) is 7.62. The second-order valence-electron chi connectivity index (χ2n) is 6.54. The first-order valence-corrected chi connectivity index (χ1v) is 9.66. The highest BCUT2D eigenvalue weighted by atomic mass is 32.1. The summed E-state index contributed by atoms with van der Waals surface area (Å²) < 4.78 is 8.04. The molecule has 1 aliphatic rings. The number of para-hydroxylation sites is 1. The standard InChI is InChI=1S/C22H21NO2S/c1-2-25-22(24)20-13-18-15-23(16-21(18)26-20,19-11-7-4-8-12-19)14-17-9-5-3-6-10-17/h3-13,16H,2,14-15H2,1H3/p+1/b22-20+. The molecule has 2 heterocycles. The van der Waals surface area contributed by atoms with E-state index in [1.807, 2.05) is 6.92 Å². The minimum absolute atomic E-state index is 0.0289. The molecule has 0 saturated carbocycles. The molecular formula is C22H22NO2S+. The van der Waals surface area contributed by atoms with E-state index in [2.05, 4.69) is 72.9 Å². The van der Waals surface area contributed by atoms with E-state index < -0.39 is 0 Å². The number of benzene rings is 2. The summed E-state index contributed by atoms with van der Waals surface area (Å²) in [6.07, 6.45) is 2.32. The Labute approximate surface area is 157 Å². The molecule has 4 heteroatoms. The number of hydrogen-bond donors (Lipinski definition) is 1. The van der Waals surface area contributed by atoms with Crippen LogP contribution >= 0.6 is 11.3 Å². The maximum absolute atomic E-state index is 10.0. The van der Waals surface area contributed by atoms with Gasteiger partial charge in [-0.1, -0.05) is 48.5 Å². The number of hydrogen-bond acceptors (Lipinski definition) is 3. The van der Waals surface area contributed by atoms with Gasteiger partial charge in [0.15, 0.2) is 0 Å². The average Bonchev–Trinajstić information content (AvgIpc) is 3.20. The van der Waals surface area contributed by atoms with Crippen molar-refractivity contribution in [3.8, 4) is 0 Å². The third kappa shape index (κ3) is 3.14. The Morgan fingerprint density at radius 1 is 1.08 bits per heavy atom. The van der Waals surface area contributed by atoms with E-state index in [-0.39, 0.29) is 5.95 Å². The number of aliphatic hydroxyl groups excluding tert-OH is 1. The van der Waals surface area contributed by atoms with Crippen LogP contribution in [0, 0.1) is 0 Å². The van der Waals surface area contributed by atoms with Gasteiger partial charge in [-0.25, -0.2) is 0 Å². The van der Waals surface area contributed by atoms with Crippen molar-refractivity contribution in [1.82, 2.24) is 4.48 Å². The summed E-state index contributed by atoms with van der Waals surface area (Å²) in [6.45, 7) is 4.13. The molecule has 2 aromatic carbocycles. The molecule has 1 atom stereocenters. The van der Waals surface area contributed by atoms with E-state index in [0.29, 0.717) is 6.61 Å². The van der Waals surface area contributed by atoms with Crippen LogP contribution in [0.15, 0.2) is 66.7 Å². The first-order valence-electron chi connectivity index (χ1n) is 8.84. The van der Waals surface area contributed by atoms with E-state index in [4.69, 9.17) is 4.74 Å². The van der Waals surface area contributed by atoms with Crippen molar-refractivity contribution in [2.75, 3.05) is 6.61 Å². The molecule has 0 aliphatic carbocycles. The molecule has 3 nitrogen and oxygen atoms in total. The zero-order valence-electron chi connectivity index (χ0n) is 14.8. The Morgan fingerprint density at radius 3 is 2.42 bits per heavy atom. The highest BCUT2D eigenvalue weighted by Gasteiger charge is 2.35. The Kier molecular flexibility index (Phi) is 4.53. The molecule has 0 spiro atoms. The zero-order chi connectivity index (χ0) is 18.0. The third-order valence-electron chi connectivity index (χ3n) is 4.73. The van der Waals surface area contributed by atoms with E-state index >= 15 is 0 Å². The van der Waals surface area contributed by atoms with Gasteiger partial charge in [0.1, 0.15) is 29.5 Å². The average molecular weight is 364 g/mol. The van der Waals surface area contributed by atoms with Crippen LogP contribution in [0.3, 0.4) is 0 Å². The molecule has 0 bridgehead atoms. The minimum atomic E-state index is 0.0289. The molecule has 132 valence electrons. The lowest BCUT2D eigenvalue weighted by Crippen LogP contribution is -2.39. The summed E-state index contributed by atoms with van der Waals surface area (Å²) >= 11 is 1.59. The van der Waals surface area contributed by atoms with Crippen LogP contribution in [-0.4, -0.2) is 11.7 Å². The van der Waals surface area contributed by atoms with Gasteiger partial charge in [-0.15, -0.1) is 11.3 Å². The number of nitrogens with zero attached hydrogens (tertiary/aromatic N) is 1. The van der Waals surface area contributed by atoms with E-state index in [9.17, 15) is 5.11 Å². The summed E-state index contributed by atoms with van der Waals surface area (Å²) in [5.74, 6) is 0.0289. The van der Waals surface area contributed by atoms with Crippen molar-refractivity contribution in [2.45, 2.75) is 20.0 Å². The number of rotatable bonds is 5. The number of quaternary nitrogens is 1. The summed E-state index contributed by atoms with van der Waals surface area (Å²) in [6, 6.07) is 23.3. The van der Waals surface area contributed by atoms with E-state index in [1.165, 1.54) is 21.3 Å². The topological polar surface area (TPSA) is 29.5 Å². The van der Waals surface area contributed by atoms with Crippen molar-refractivity contribution in [1.29, 1.82) is 0 Å². The third-order valence-corrected chi connectivity index (χ3v) is 5.83. The normalized spacial score (nSPS) is 19.6. The first kappa shape index (κ1) is 16.9. The van der Waals surface area contributed by atoms with Crippen LogP contribution in [0.25, 0.3) is 12.1 Å². The Morgan fingerprint density at radius 2 is 1.77 bits per heavy atom. The summed E-state index contributed by atoms with van der Waals surface area (Å²) in [5.41, 5.74) is 3.85. The molecule has 0 amide bonds. The molecule has 0 saturated heterocycles. The Hall–Kier alpha value is -2.56. The maximum atomic E-state index is 10.0. The van der Waals surface area contributed by atoms with Crippen LogP contribution in [0.2, 0.25) is 0 Å². The monoisotopic (exact) mass is 364 g/mol.